The number of amides is 2. The van der Waals surface area contributed by atoms with Gasteiger partial charge in [-0.15, -0.1) is 0 Å². The zero-order valence-electron chi connectivity index (χ0n) is 13.7. The minimum atomic E-state index is -0.0186. The summed E-state index contributed by atoms with van der Waals surface area (Å²) in [5.74, 6) is 2.31. The summed E-state index contributed by atoms with van der Waals surface area (Å²) in [5.41, 5.74) is 1.19. The summed E-state index contributed by atoms with van der Waals surface area (Å²) in [6.07, 6.45) is 4.71. The van der Waals surface area contributed by atoms with Gasteiger partial charge < -0.3 is 15.5 Å². The van der Waals surface area contributed by atoms with Crippen molar-refractivity contribution in [2.75, 3.05) is 31.1 Å². The largest absolute Gasteiger partial charge is 0.335 e. The van der Waals surface area contributed by atoms with E-state index in [-0.39, 0.29) is 12.1 Å². The highest BCUT2D eigenvalue weighted by atomic mass is 32.2. The third-order valence-electron chi connectivity index (χ3n) is 4.70. The lowest BCUT2D eigenvalue weighted by Crippen LogP contribution is -2.46. The monoisotopic (exact) mass is 333 g/mol. The van der Waals surface area contributed by atoms with Gasteiger partial charge in [0.05, 0.1) is 6.04 Å². The molecule has 0 radical (unpaired) electrons. The van der Waals surface area contributed by atoms with Gasteiger partial charge in [0.25, 0.3) is 0 Å². The van der Waals surface area contributed by atoms with Gasteiger partial charge in [-0.1, -0.05) is 30.3 Å². The molecular formula is C18H27N3OS. The predicted octanol–water partition coefficient (Wildman–Crippen LogP) is 3.02. The van der Waals surface area contributed by atoms with Crippen molar-refractivity contribution >= 4 is 17.8 Å². The Balaban J connectivity index is 1.59. The number of carbonyl (C=O) groups excluding carboxylic acids is 1. The van der Waals surface area contributed by atoms with Crippen LogP contribution in [0.4, 0.5) is 4.79 Å². The second-order valence-corrected chi connectivity index (χ2v) is 7.70. The van der Waals surface area contributed by atoms with Crippen molar-refractivity contribution in [3.63, 3.8) is 0 Å². The number of carbonyl (C=O) groups is 1. The van der Waals surface area contributed by atoms with Crippen molar-refractivity contribution in [3.05, 3.63) is 35.9 Å². The van der Waals surface area contributed by atoms with Crippen LogP contribution in [0.5, 0.6) is 0 Å². The molecule has 2 aliphatic heterocycles. The van der Waals surface area contributed by atoms with E-state index in [1.807, 2.05) is 30.0 Å². The quantitative estimate of drug-likeness (QED) is 0.870. The van der Waals surface area contributed by atoms with Crippen LogP contribution in [-0.2, 0) is 0 Å². The Morgan fingerprint density at radius 1 is 1.17 bits per heavy atom. The topological polar surface area (TPSA) is 44.4 Å². The summed E-state index contributed by atoms with van der Waals surface area (Å²) in [6, 6.07) is 10.7. The smallest absolute Gasteiger partial charge is 0.315 e. The Morgan fingerprint density at radius 3 is 2.57 bits per heavy atom. The van der Waals surface area contributed by atoms with E-state index in [1.54, 1.807) is 0 Å². The number of nitrogens with one attached hydrogen (secondary N) is 2. The number of likely N-dealkylation sites (tertiary alicyclic amines) is 1. The zero-order valence-corrected chi connectivity index (χ0v) is 14.5. The summed E-state index contributed by atoms with van der Waals surface area (Å²) in [5, 5.41) is 6.37. The van der Waals surface area contributed by atoms with Crippen LogP contribution in [-0.4, -0.2) is 48.1 Å². The summed E-state index contributed by atoms with van der Waals surface area (Å²) < 4.78 is 0. The van der Waals surface area contributed by atoms with Crippen LogP contribution in [0.1, 0.15) is 37.3 Å². The molecule has 0 spiro atoms. The fraction of sp³-hybridized carbons (Fsp3) is 0.611. The Kier molecular flexibility index (Phi) is 6.22. The van der Waals surface area contributed by atoms with Crippen LogP contribution >= 0.6 is 11.8 Å². The van der Waals surface area contributed by atoms with Crippen LogP contribution in [0, 0.1) is 0 Å². The fourth-order valence-electron chi connectivity index (χ4n) is 3.37. The maximum absolute atomic E-state index is 12.4. The Labute approximate surface area is 143 Å². The minimum Gasteiger partial charge on any atom is -0.335 e. The molecule has 1 unspecified atom stereocenters. The van der Waals surface area contributed by atoms with Crippen molar-refractivity contribution in [2.45, 2.75) is 37.8 Å². The summed E-state index contributed by atoms with van der Waals surface area (Å²) in [6.45, 7) is 3.19. The van der Waals surface area contributed by atoms with Crippen LogP contribution in [0.2, 0.25) is 0 Å². The zero-order chi connectivity index (χ0) is 15.9. The molecule has 23 heavy (non-hydrogen) atoms. The molecule has 126 valence electrons. The molecule has 1 aromatic carbocycles. The Bertz CT molecular complexity index is 484. The minimum absolute atomic E-state index is 0.0186. The SMILES string of the molecule is O=C(NC1CCSCC1)NC(CN1CCCC1)c1ccccc1. The molecule has 0 aliphatic carbocycles. The number of urea groups is 1. The first-order valence-corrected chi connectivity index (χ1v) is 9.89. The van der Waals surface area contributed by atoms with Crippen molar-refractivity contribution in [3.8, 4) is 0 Å². The molecule has 2 saturated heterocycles. The maximum atomic E-state index is 12.4. The third-order valence-corrected chi connectivity index (χ3v) is 5.75. The highest BCUT2D eigenvalue weighted by Gasteiger charge is 2.22. The first kappa shape index (κ1) is 16.7. The molecule has 1 atom stereocenters. The standard InChI is InChI=1S/C18H27N3OS/c22-18(19-16-8-12-23-13-9-16)20-17(14-21-10-4-5-11-21)15-6-2-1-3-7-15/h1-3,6-7,16-17H,4-5,8-14H2,(H2,19,20,22). The molecule has 5 heteroatoms. The molecule has 3 rings (SSSR count). The van der Waals surface area contributed by atoms with Crippen molar-refractivity contribution < 1.29 is 4.79 Å². The van der Waals surface area contributed by atoms with Gasteiger partial charge in [-0.2, -0.15) is 11.8 Å². The number of hydrogen-bond acceptors (Lipinski definition) is 3. The number of rotatable bonds is 5. The lowest BCUT2D eigenvalue weighted by atomic mass is 10.1. The van der Waals surface area contributed by atoms with Crippen molar-refractivity contribution in [1.82, 2.24) is 15.5 Å². The second-order valence-electron chi connectivity index (χ2n) is 6.48. The Hall–Kier alpha value is -1.20. The van der Waals surface area contributed by atoms with Crippen molar-refractivity contribution in [1.29, 1.82) is 0 Å². The maximum Gasteiger partial charge on any atom is 0.315 e. The average Bonchev–Trinajstić information content (AvgIpc) is 3.09. The average molecular weight is 334 g/mol. The van der Waals surface area contributed by atoms with E-state index >= 15 is 0 Å². The van der Waals surface area contributed by atoms with Gasteiger partial charge in [0.15, 0.2) is 0 Å². The molecule has 2 heterocycles. The fourth-order valence-corrected chi connectivity index (χ4v) is 4.48. The van der Waals surface area contributed by atoms with Gasteiger partial charge in [0.1, 0.15) is 0 Å². The van der Waals surface area contributed by atoms with Gasteiger partial charge in [-0.3, -0.25) is 0 Å². The van der Waals surface area contributed by atoms with E-state index in [0.717, 1.165) is 44.0 Å². The molecule has 2 fully saturated rings. The summed E-state index contributed by atoms with van der Waals surface area (Å²) in [4.78, 5) is 14.9. The molecule has 1 aromatic rings. The Morgan fingerprint density at radius 2 is 1.87 bits per heavy atom. The molecule has 2 N–H and O–H groups in total. The van der Waals surface area contributed by atoms with Crippen LogP contribution < -0.4 is 10.6 Å². The third kappa shape index (κ3) is 5.15. The molecule has 0 aromatic heterocycles. The lowest BCUT2D eigenvalue weighted by Gasteiger charge is -2.27. The number of nitrogens with zero attached hydrogens (tertiary/aromatic N) is 1. The van der Waals surface area contributed by atoms with Gasteiger partial charge in [0, 0.05) is 12.6 Å². The summed E-state index contributed by atoms with van der Waals surface area (Å²) in [7, 11) is 0. The molecule has 2 aliphatic rings. The molecular weight excluding hydrogens is 306 g/mol. The molecule has 2 amide bonds. The first-order valence-electron chi connectivity index (χ1n) is 8.73. The van der Waals surface area contributed by atoms with Crippen molar-refractivity contribution in [2.24, 2.45) is 0 Å². The van der Waals surface area contributed by atoms with E-state index in [0.29, 0.717) is 6.04 Å². The van der Waals surface area contributed by atoms with E-state index < -0.39 is 0 Å². The summed E-state index contributed by atoms with van der Waals surface area (Å²) >= 11 is 1.98. The number of hydrogen-bond donors (Lipinski definition) is 2. The second kappa shape index (κ2) is 8.60. The van der Waals surface area contributed by atoms with E-state index in [9.17, 15) is 4.79 Å². The highest BCUT2D eigenvalue weighted by molar-refractivity contribution is 7.99. The highest BCUT2D eigenvalue weighted by Crippen LogP contribution is 2.19. The van der Waals surface area contributed by atoms with Crippen LogP contribution in [0.15, 0.2) is 30.3 Å². The van der Waals surface area contributed by atoms with E-state index in [2.05, 4.69) is 27.7 Å². The number of benzene rings is 1. The molecule has 0 bridgehead atoms. The van der Waals surface area contributed by atoms with Gasteiger partial charge >= 0.3 is 6.03 Å². The first-order chi connectivity index (χ1) is 11.3. The lowest BCUT2D eigenvalue weighted by molar-refractivity contribution is 0.225. The molecule has 4 nitrogen and oxygen atoms in total. The predicted molar refractivity (Wildman–Crippen MR) is 96.9 cm³/mol. The number of thioether (sulfide) groups is 1. The normalized spacial score (nSPS) is 21.0. The van der Waals surface area contributed by atoms with Crippen LogP contribution in [0.3, 0.4) is 0 Å². The van der Waals surface area contributed by atoms with Crippen LogP contribution in [0.25, 0.3) is 0 Å². The molecule has 0 saturated carbocycles. The van der Waals surface area contributed by atoms with Gasteiger partial charge in [0.2, 0.25) is 0 Å². The van der Waals surface area contributed by atoms with E-state index in [1.165, 1.54) is 18.4 Å². The van der Waals surface area contributed by atoms with E-state index in [4.69, 9.17) is 0 Å². The van der Waals surface area contributed by atoms with Gasteiger partial charge in [-0.25, -0.2) is 4.79 Å². The van der Waals surface area contributed by atoms with Gasteiger partial charge in [-0.05, 0) is 55.8 Å².